The van der Waals surface area contributed by atoms with Gasteiger partial charge in [-0.3, -0.25) is 4.79 Å². The summed E-state index contributed by atoms with van der Waals surface area (Å²) in [4.78, 5) is 14.3. The first-order valence-corrected chi connectivity index (χ1v) is 4.20. The fourth-order valence-corrected chi connectivity index (χ4v) is 1.20. The number of aliphatic carboxylic acids is 1. The molecule has 0 aliphatic rings. The second-order valence-corrected chi connectivity index (χ2v) is 3.19. The summed E-state index contributed by atoms with van der Waals surface area (Å²) in [6.45, 7) is 1.85. The van der Waals surface area contributed by atoms with Gasteiger partial charge in [0.25, 0.3) is 0 Å². The number of nitrogen functional groups attached to an aromatic ring is 1. The average Bonchev–Trinajstić information content (AvgIpc) is 2.08. The smallest absolute Gasteiger partial charge is 0.305 e. The molecule has 5 nitrogen and oxygen atoms in total. The van der Waals surface area contributed by atoms with E-state index in [0.29, 0.717) is 11.4 Å². The van der Waals surface area contributed by atoms with Crippen molar-refractivity contribution in [1.29, 1.82) is 0 Å². The summed E-state index contributed by atoms with van der Waals surface area (Å²) in [5.41, 5.74) is 12.7. The lowest BCUT2D eigenvalue weighted by Crippen LogP contribution is -2.17. The van der Waals surface area contributed by atoms with Crippen LogP contribution in [0.4, 0.5) is 5.82 Å². The Labute approximate surface area is 81.7 Å². The minimum Gasteiger partial charge on any atom is -0.481 e. The Morgan fingerprint density at radius 1 is 1.71 bits per heavy atom. The maximum absolute atomic E-state index is 10.4. The topological polar surface area (TPSA) is 102 Å². The Morgan fingerprint density at radius 2 is 2.36 bits per heavy atom. The van der Waals surface area contributed by atoms with E-state index in [4.69, 9.17) is 16.6 Å². The van der Waals surface area contributed by atoms with E-state index in [-0.39, 0.29) is 6.42 Å². The molecule has 1 rings (SSSR count). The molecule has 0 amide bonds. The fourth-order valence-electron chi connectivity index (χ4n) is 1.20. The monoisotopic (exact) mass is 195 g/mol. The molecule has 1 heterocycles. The first-order valence-electron chi connectivity index (χ1n) is 4.20. The molecule has 1 aromatic rings. The number of hydrogen-bond donors (Lipinski definition) is 3. The van der Waals surface area contributed by atoms with Gasteiger partial charge in [0, 0.05) is 17.8 Å². The molecule has 1 atom stereocenters. The van der Waals surface area contributed by atoms with E-state index >= 15 is 0 Å². The zero-order valence-corrected chi connectivity index (χ0v) is 7.90. The highest BCUT2D eigenvalue weighted by molar-refractivity contribution is 5.68. The molecule has 0 aromatic carbocycles. The quantitative estimate of drug-likeness (QED) is 0.649. The molecule has 0 saturated carbocycles. The number of anilines is 1. The van der Waals surface area contributed by atoms with Crippen molar-refractivity contribution in [3.63, 3.8) is 0 Å². The van der Waals surface area contributed by atoms with E-state index in [2.05, 4.69) is 4.98 Å². The third kappa shape index (κ3) is 2.43. The summed E-state index contributed by atoms with van der Waals surface area (Å²) < 4.78 is 0. The van der Waals surface area contributed by atoms with Crippen LogP contribution < -0.4 is 11.5 Å². The Morgan fingerprint density at radius 3 is 2.93 bits per heavy atom. The van der Waals surface area contributed by atoms with Crippen LogP contribution in [-0.4, -0.2) is 16.1 Å². The van der Waals surface area contributed by atoms with Gasteiger partial charge in [-0.1, -0.05) is 0 Å². The molecule has 0 saturated heterocycles. The average molecular weight is 195 g/mol. The number of carboxylic acids is 1. The number of pyridine rings is 1. The van der Waals surface area contributed by atoms with Gasteiger partial charge in [0.1, 0.15) is 5.82 Å². The van der Waals surface area contributed by atoms with Crippen molar-refractivity contribution in [3.8, 4) is 0 Å². The zero-order valence-electron chi connectivity index (χ0n) is 7.90. The highest BCUT2D eigenvalue weighted by Crippen LogP contribution is 2.19. The molecule has 0 aliphatic carbocycles. The molecule has 0 aliphatic heterocycles. The molecule has 0 bridgehead atoms. The van der Waals surface area contributed by atoms with Gasteiger partial charge in [-0.25, -0.2) is 4.98 Å². The van der Waals surface area contributed by atoms with E-state index in [1.807, 2.05) is 6.92 Å². The summed E-state index contributed by atoms with van der Waals surface area (Å²) >= 11 is 0. The third-order valence-corrected chi connectivity index (χ3v) is 1.88. The summed E-state index contributed by atoms with van der Waals surface area (Å²) in [5, 5.41) is 8.56. The highest BCUT2D eigenvalue weighted by atomic mass is 16.4. The number of aromatic nitrogens is 1. The lowest BCUT2D eigenvalue weighted by atomic mass is 10.0. The van der Waals surface area contributed by atoms with Crippen LogP contribution in [-0.2, 0) is 4.79 Å². The van der Waals surface area contributed by atoms with Crippen LogP contribution in [0, 0.1) is 6.92 Å². The molecule has 76 valence electrons. The summed E-state index contributed by atoms with van der Waals surface area (Å²) in [6, 6.07) is 1.16. The van der Waals surface area contributed by atoms with Crippen molar-refractivity contribution in [2.24, 2.45) is 5.73 Å². The second-order valence-electron chi connectivity index (χ2n) is 3.19. The van der Waals surface area contributed by atoms with Gasteiger partial charge in [0.15, 0.2) is 0 Å². The van der Waals surface area contributed by atoms with Crippen LogP contribution in [0.25, 0.3) is 0 Å². The van der Waals surface area contributed by atoms with Crippen molar-refractivity contribution >= 4 is 11.8 Å². The van der Waals surface area contributed by atoms with Crippen LogP contribution in [0.5, 0.6) is 0 Å². The van der Waals surface area contributed by atoms with Gasteiger partial charge in [0.05, 0.1) is 6.42 Å². The van der Waals surface area contributed by atoms with Crippen molar-refractivity contribution in [3.05, 3.63) is 23.4 Å². The molecule has 1 aromatic heterocycles. The number of nitrogens with zero attached hydrogens (tertiary/aromatic N) is 1. The summed E-state index contributed by atoms with van der Waals surface area (Å²) in [7, 11) is 0. The number of carboxylic acid groups (broad SMARTS) is 1. The van der Waals surface area contributed by atoms with Crippen molar-refractivity contribution in [1.82, 2.24) is 4.98 Å². The first-order chi connectivity index (χ1) is 6.50. The number of carbonyl (C=O) groups is 1. The van der Waals surface area contributed by atoms with Crippen molar-refractivity contribution in [2.45, 2.75) is 19.4 Å². The lowest BCUT2D eigenvalue weighted by molar-refractivity contribution is -0.137. The molecule has 0 spiro atoms. The Balaban J connectivity index is 2.93. The third-order valence-electron chi connectivity index (χ3n) is 1.88. The molecule has 5 heteroatoms. The van der Waals surface area contributed by atoms with Crippen LogP contribution in [0.1, 0.15) is 23.6 Å². The zero-order chi connectivity index (χ0) is 10.7. The largest absolute Gasteiger partial charge is 0.481 e. The van der Waals surface area contributed by atoms with E-state index in [1.165, 1.54) is 0 Å². The maximum Gasteiger partial charge on any atom is 0.305 e. The van der Waals surface area contributed by atoms with E-state index in [1.54, 1.807) is 12.3 Å². The van der Waals surface area contributed by atoms with Gasteiger partial charge < -0.3 is 16.6 Å². The molecule has 14 heavy (non-hydrogen) atoms. The predicted molar refractivity (Wildman–Crippen MR) is 52.6 cm³/mol. The highest BCUT2D eigenvalue weighted by Gasteiger charge is 2.14. The van der Waals surface area contributed by atoms with Gasteiger partial charge in [-0.05, 0) is 18.6 Å². The Bertz CT molecular complexity index is 352. The molecule has 0 radical (unpaired) electrons. The molecule has 0 fully saturated rings. The van der Waals surface area contributed by atoms with Crippen LogP contribution >= 0.6 is 0 Å². The normalized spacial score (nSPS) is 12.4. The Kier molecular flexibility index (Phi) is 3.03. The minimum atomic E-state index is -0.946. The Hall–Kier alpha value is -1.62. The molecular formula is C9H13N3O2. The SMILES string of the molecule is Cc1cnc(N)c(C(N)CC(=O)O)c1. The lowest BCUT2D eigenvalue weighted by Gasteiger charge is -2.11. The predicted octanol–water partition coefficient (Wildman–Crippen LogP) is 0.447. The second kappa shape index (κ2) is 4.06. The number of aryl methyl sites for hydroxylation is 1. The minimum absolute atomic E-state index is 0.144. The van der Waals surface area contributed by atoms with Crippen molar-refractivity contribution in [2.75, 3.05) is 5.73 Å². The van der Waals surface area contributed by atoms with Gasteiger partial charge in [-0.2, -0.15) is 0 Å². The fraction of sp³-hybridized carbons (Fsp3) is 0.333. The van der Waals surface area contributed by atoms with Crippen LogP contribution in [0.2, 0.25) is 0 Å². The number of hydrogen-bond acceptors (Lipinski definition) is 4. The standard InChI is InChI=1S/C9H13N3O2/c1-5-2-6(9(11)12-4-5)7(10)3-8(13)14/h2,4,7H,3,10H2,1H3,(H2,11,12)(H,13,14). The van der Waals surface area contributed by atoms with Crippen LogP contribution in [0.15, 0.2) is 12.3 Å². The number of nitrogens with two attached hydrogens (primary N) is 2. The van der Waals surface area contributed by atoms with Crippen molar-refractivity contribution < 1.29 is 9.90 Å². The molecule has 1 unspecified atom stereocenters. The summed E-state index contributed by atoms with van der Waals surface area (Å²) in [5.74, 6) is -0.650. The van der Waals surface area contributed by atoms with Gasteiger partial charge in [0.2, 0.25) is 0 Å². The van der Waals surface area contributed by atoms with E-state index in [9.17, 15) is 4.79 Å². The number of rotatable bonds is 3. The van der Waals surface area contributed by atoms with Gasteiger partial charge in [-0.15, -0.1) is 0 Å². The van der Waals surface area contributed by atoms with E-state index < -0.39 is 12.0 Å². The van der Waals surface area contributed by atoms with Crippen LogP contribution in [0.3, 0.4) is 0 Å². The summed E-state index contributed by atoms with van der Waals surface area (Å²) in [6.07, 6.45) is 1.47. The maximum atomic E-state index is 10.4. The first kappa shape index (κ1) is 10.5. The molecular weight excluding hydrogens is 182 g/mol. The van der Waals surface area contributed by atoms with Gasteiger partial charge >= 0.3 is 5.97 Å². The molecule has 5 N–H and O–H groups in total. The van der Waals surface area contributed by atoms with E-state index in [0.717, 1.165) is 5.56 Å².